The second-order valence-electron chi connectivity index (χ2n) is 8.37. The largest absolute Gasteiger partial charge is 0.505 e. The quantitative estimate of drug-likeness (QED) is 0.288. The van der Waals surface area contributed by atoms with E-state index in [-0.39, 0.29) is 30.2 Å². The van der Waals surface area contributed by atoms with Gasteiger partial charge in [0.05, 0.1) is 45.2 Å². The maximum atomic E-state index is 13.3. The Kier molecular flexibility index (Phi) is 6.89. The Morgan fingerprint density at radius 2 is 1.72 bits per heavy atom. The average Bonchev–Trinajstić information content (AvgIpc) is 3.35. The molecule has 190 valence electrons. The van der Waals surface area contributed by atoms with E-state index in [0.717, 1.165) is 5.56 Å². The molecule has 4 rings (SSSR count). The van der Waals surface area contributed by atoms with Crippen molar-refractivity contribution in [1.82, 2.24) is 14.3 Å². The predicted octanol–water partition coefficient (Wildman–Crippen LogP) is 3.05. The predicted molar refractivity (Wildman–Crippen MR) is 132 cm³/mol. The highest BCUT2D eigenvalue weighted by Crippen LogP contribution is 2.45. The molecule has 1 aromatic carbocycles. The van der Waals surface area contributed by atoms with Crippen LogP contribution < -0.4 is 14.2 Å². The molecular formula is C26H29N3O7. The van der Waals surface area contributed by atoms with Gasteiger partial charge >= 0.3 is 0 Å². The van der Waals surface area contributed by atoms with Gasteiger partial charge in [-0.15, -0.1) is 0 Å². The number of imidazole rings is 1. The smallest absolute Gasteiger partial charge is 0.295 e. The molecule has 1 amide bonds. The van der Waals surface area contributed by atoms with Crippen molar-refractivity contribution in [2.24, 2.45) is 0 Å². The number of aromatic nitrogens is 2. The average molecular weight is 496 g/mol. The van der Waals surface area contributed by atoms with Crippen LogP contribution in [-0.2, 0) is 14.3 Å². The lowest BCUT2D eigenvalue weighted by atomic mass is 9.95. The number of methoxy groups -OCH3 is 4. The molecule has 1 aliphatic rings. The van der Waals surface area contributed by atoms with Crippen LogP contribution in [0.5, 0.6) is 17.2 Å². The molecular weight excluding hydrogens is 466 g/mol. The lowest BCUT2D eigenvalue weighted by Crippen LogP contribution is -2.32. The van der Waals surface area contributed by atoms with E-state index in [1.165, 1.54) is 33.3 Å². The molecule has 1 saturated heterocycles. The number of hydrogen-bond acceptors (Lipinski definition) is 8. The van der Waals surface area contributed by atoms with Gasteiger partial charge in [0.2, 0.25) is 5.75 Å². The van der Waals surface area contributed by atoms with E-state index in [1.54, 1.807) is 19.1 Å². The highest BCUT2D eigenvalue weighted by Gasteiger charge is 2.47. The molecule has 1 unspecified atom stereocenters. The second-order valence-corrected chi connectivity index (χ2v) is 8.37. The third-order valence-electron chi connectivity index (χ3n) is 6.39. The van der Waals surface area contributed by atoms with Crippen molar-refractivity contribution in [3.63, 3.8) is 0 Å². The molecule has 1 N–H and O–H groups in total. The maximum Gasteiger partial charge on any atom is 0.295 e. The van der Waals surface area contributed by atoms with Crippen molar-refractivity contribution < 1.29 is 33.6 Å². The van der Waals surface area contributed by atoms with Crippen molar-refractivity contribution in [1.29, 1.82) is 0 Å². The lowest BCUT2D eigenvalue weighted by Gasteiger charge is -2.26. The van der Waals surface area contributed by atoms with E-state index >= 15 is 0 Å². The molecule has 1 fully saturated rings. The Labute approximate surface area is 208 Å². The number of aliphatic hydroxyl groups excluding tert-OH is 1. The zero-order valence-corrected chi connectivity index (χ0v) is 21.1. The van der Waals surface area contributed by atoms with E-state index in [1.807, 2.05) is 29.7 Å². The fraction of sp³-hybridized carbons (Fsp3) is 0.346. The van der Waals surface area contributed by atoms with E-state index in [4.69, 9.17) is 18.9 Å². The van der Waals surface area contributed by atoms with Gasteiger partial charge in [-0.3, -0.25) is 9.59 Å². The Balaban J connectivity index is 1.99. The van der Waals surface area contributed by atoms with Gasteiger partial charge in [0.15, 0.2) is 17.3 Å². The molecule has 3 heterocycles. The van der Waals surface area contributed by atoms with E-state index in [0.29, 0.717) is 34.2 Å². The number of carbonyl (C=O) groups excluding carboxylic acids is 2. The Morgan fingerprint density at radius 1 is 1.06 bits per heavy atom. The minimum atomic E-state index is -0.931. The van der Waals surface area contributed by atoms with Crippen LogP contribution in [-0.4, -0.2) is 72.7 Å². The van der Waals surface area contributed by atoms with Gasteiger partial charge in [-0.2, -0.15) is 0 Å². The maximum absolute atomic E-state index is 13.3. The lowest BCUT2D eigenvalue weighted by molar-refractivity contribution is -0.140. The summed E-state index contributed by atoms with van der Waals surface area (Å²) in [6.45, 7) is 4.03. The standard InChI is InChI=1S/C26H29N3O7/c1-14-8-7-9-28-15(2)20(27-25(14)28)22(30)19-21(29(10-11-33-3)26(32)23(19)31)16-12-17(34-4)24(36-6)18(13-16)35-5/h7-9,12-13,21,30H,10-11H2,1-6H3/b22-19+. The number of likely N-dealkylation sites (tertiary alicyclic amines) is 1. The summed E-state index contributed by atoms with van der Waals surface area (Å²) in [6.07, 6.45) is 1.83. The molecule has 0 aliphatic carbocycles. The number of rotatable bonds is 8. The molecule has 36 heavy (non-hydrogen) atoms. The molecule has 10 heteroatoms. The van der Waals surface area contributed by atoms with Gasteiger partial charge in [-0.1, -0.05) is 6.07 Å². The third-order valence-corrected chi connectivity index (χ3v) is 6.39. The summed E-state index contributed by atoms with van der Waals surface area (Å²) >= 11 is 0. The topological polar surface area (TPSA) is 112 Å². The van der Waals surface area contributed by atoms with Crippen LogP contribution in [0.2, 0.25) is 0 Å². The summed E-state index contributed by atoms with van der Waals surface area (Å²) in [6, 6.07) is 6.17. The SMILES string of the molecule is COCCN1C(=O)C(=O)/C(=C(/O)c2nc3c(C)cccn3c2C)C1c1cc(OC)c(OC)c(OC)c1. The Hall–Kier alpha value is -4.05. The minimum absolute atomic E-state index is 0.0745. The summed E-state index contributed by atoms with van der Waals surface area (Å²) in [4.78, 5) is 32.5. The molecule has 0 radical (unpaired) electrons. The van der Waals surface area contributed by atoms with Crippen LogP contribution in [0.4, 0.5) is 0 Å². The van der Waals surface area contributed by atoms with Gasteiger partial charge in [-0.25, -0.2) is 4.98 Å². The number of ketones is 1. The number of hydrogen-bond donors (Lipinski definition) is 1. The number of benzene rings is 1. The van der Waals surface area contributed by atoms with Gasteiger partial charge < -0.3 is 33.4 Å². The first kappa shape index (κ1) is 25.1. The zero-order chi connectivity index (χ0) is 26.1. The fourth-order valence-corrected chi connectivity index (χ4v) is 4.58. The molecule has 0 spiro atoms. The summed E-state index contributed by atoms with van der Waals surface area (Å²) in [5.41, 5.74) is 2.84. The molecule has 10 nitrogen and oxygen atoms in total. The molecule has 1 aliphatic heterocycles. The van der Waals surface area contributed by atoms with Gasteiger partial charge in [0.1, 0.15) is 11.3 Å². The number of aliphatic hydroxyl groups is 1. The monoisotopic (exact) mass is 495 g/mol. The summed E-state index contributed by atoms with van der Waals surface area (Å²) in [5.74, 6) is -0.843. The van der Waals surface area contributed by atoms with Crippen molar-refractivity contribution in [3.05, 3.63) is 58.6 Å². The van der Waals surface area contributed by atoms with Gasteiger partial charge in [0.25, 0.3) is 11.7 Å². The number of ether oxygens (including phenoxy) is 4. The first-order chi connectivity index (χ1) is 17.3. The van der Waals surface area contributed by atoms with Crippen LogP contribution in [0.1, 0.15) is 28.6 Å². The van der Waals surface area contributed by atoms with Crippen LogP contribution >= 0.6 is 0 Å². The molecule has 0 bridgehead atoms. The highest BCUT2D eigenvalue weighted by molar-refractivity contribution is 6.46. The second kappa shape index (κ2) is 9.90. The van der Waals surface area contributed by atoms with Crippen LogP contribution in [0.3, 0.4) is 0 Å². The van der Waals surface area contributed by atoms with Crippen LogP contribution in [0.25, 0.3) is 11.4 Å². The number of pyridine rings is 1. The summed E-state index contributed by atoms with van der Waals surface area (Å²) in [5, 5.41) is 11.5. The summed E-state index contributed by atoms with van der Waals surface area (Å²) < 4.78 is 23.4. The summed E-state index contributed by atoms with van der Waals surface area (Å²) in [7, 11) is 5.95. The van der Waals surface area contributed by atoms with Crippen molar-refractivity contribution in [2.45, 2.75) is 19.9 Å². The first-order valence-corrected chi connectivity index (χ1v) is 11.3. The normalized spacial score (nSPS) is 17.2. The Bertz CT molecular complexity index is 1350. The van der Waals surface area contributed by atoms with Crippen molar-refractivity contribution in [3.8, 4) is 17.2 Å². The fourth-order valence-electron chi connectivity index (χ4n) is 4.58. The van der Waals surface area contributed by atoms with Crippen LogP contribution in [0.15, 0.2) is 36.0 Å². The first-order valence-electron chi connectivity index (χ1n) is 11.3. The number of nitrogens with zero attached hydrogens (tertiary/aromatic N) is 3. The number of fused-ring (bicyclic) bond motifs is 1. The number of Topliss-reactive ketones (excluding diaryl/α,β-unsaturated/α-hetero) is 1. The van der Waals surface area contributed by atoms with E-state index in [9.17, 15) is 14.7 Å². The van der Waals surface area contributed by atoms with E-state index < -0.39 is 17.7 Å². The number of amides is 1. The molecule has 1 atom stereocenters. The van der Waals surface area contributed by atoms with Gasteiger partial charge in [-0.05, 0) is 43.2 Å². The highest BCUT2D eigenvalue weighted by atomic mass is 16.5. The number of carbonyl (C=O) groups is 2. The third kappa shape index (κ3) is 3.93. The molecule has 3 aromatic rings. The Morgan fingerprint density at radius 3 is 2.28 bits per heavy atom. The van der Waals surface area contributed by atoms with Crippen molar-refractivity contribution >= 4 is 23.1 Å². The zero-order valence-electron chi connectivity index (χ0n) is 21.1. The van der Waals surface area contributed by atoms with Gasteiger partial charge in [0, 0.05) is 19.9 Å². The number of aryl methyl sites for hydroxylation is 2. The van der Waals surface area contributed by atoms with E-state index in [2.05, 4.69) is 4.98 Å². The minimum Gasteiger partial charge on any atom is -0.505 e. The van der Waals surface area contributed by atoms with Crippen LogP contribution in [0, 0.1) is 13.8 Å². The molecule has 2 aromatic heterocycles. The molecule has 0 saturated carbocycles. The van der Waals surface area contributed by atoms with Crippen molar-refractivity contribution in [2.75, 3.05) is 41.6 Å².